The van der Waals surface area contributed by atoms with E-state index < -0.39 is 0 Å². The molecule has 0 bridgehead atoms. The van der Waals surface area contributed by atoms with Crippen molar-refractivity contribution in [2.24, 2.45) is 0 Å². The zero-order valence-electron chi connectivity index (χ0n) is 19.7. The lowest BCUT2D eigenvalue weighted by Gasteiger charge is -2.13. The number of anilines is 1. The van der Waals surface area contributed by atoms with Crippen LogP contribution in [0.1, 0.15) is 23.7 Å². The lowest BCUT2D eigenvalue weighted by molar-refractivity contribution is -0.113. The molecule has 2 aromatic heterocycles. The molecular weight excluding hydrogens is 450 g/mol. The van der Waals surface area contributed by atoms with Crippen LogP contribution in [0.5, 0.6) is 5.75 Å². The van der Waals surface area contributed by atoms with Gasteiger partial charge in [0.15, 0.2) is 10.7 Å². The first kappa shape index (κ1) is 23.6. The number of hydrogen-bond acceptors (Lipinski definition) is 6. The Morgan fingerprint density at radius 3 is 2.59 bits per heavy atom. The fraction of sp³-hybridized carbons (Fsp3) is 0.280. The van der Waals surface area contributed by atoms with Gasteiger partial charge < -0.3 is 10.1 Å². The number of aryl methyl sites for hydroxylation is 3. The highest BCUT2D eigenvalue weighted by Gasteiger charge is 2.19. The van der Waals surface area contributed by atoms with E-state index in [2.05, 4.69) is 10.4 Å². The van der Waals surface area contributed by atoms with Crippen molar-refractivity contribution in [2.75, 3.05) is 18.2 Å². The summed E-state index contributed by atoms with van der Waals surface area (Å²) in [5.74, 6) is 0.698. The second-order valence-corrected chi connectivity index (χ2v) is 8.88. The number of nitrogens with zero attached hydrogens (tertiary/aromatic N) is 4. The molecule has 1 N–H and O–H groups in total. The van der Waals surface area contributed by atoms with Crippen LogP contribution in [0.25, 0.3) is 11.0 Å². The zero-order valence-corrected chi connectivity index (χ0v) is 20.5. The molecule has 1 amide bonds. The molecule has 0 fully saturated rings. The average Bonchev–Trinajstić information content (AvgIpc) is 3.15. The summed E-state index contributed by atoms with van der Waals surface area (Å²) in [6, 6.07) is 15.2. The van der Waals surface area contributed by atoms with Gasteiger partial charge in [0.1, 0.15) is 11.3 Å². The van der Waals surface area contributed by atoms with E-state index in [0.29, 0.717) is 35.0 Å². The van der Waals surface area contributed by atoms with Gasteiger partial charge >= 0.3 is 0 Å². The van der Waals surface area contributed by atoms with Crippen LogP contribution in [0.15, 0.2) is 58.5 Å². The quantitative estimate of drug-likeness (QED) is 0.305. The Morgan fingerprint density at radius 1 is 1.15 bits per heavy atom. The molecule has 0 saturated heterocycles. The summed E-state index contributed by atoms with van der Waals surface area (Å²) in [7, 11) is 1.61. The summed E-state index contributed by atoms with van der Waals surface area (Å²) in [5.41, 5.74) is 4.29. The molecule has 4 rings (SSSR count). The van der Waals surface area contributed by atoms with E-state index in [1.165, 1.54) is 11.8 Å². The van der Waals surface area contributed by atoms with Crippen molar-refractivity contribution in [1.82, 2.24) is 19.3 Å². The number of rotatable bonds is 8. The van der Waals surface area contributed by atoms with Gasteiger partial charge in [-0.1, -0.05) is 36.0 Å². The van der Waals surface area contributed by atoms with Gasteiger partial charge in [0.25, 0.3) is 5.56 Å². The molecule has 2 aromatic carbocycles. The predicted molar refractivity (Wildman–Crippen MR) is 135 cm³/mol. The Kier molecular flexibility index (Phi) is 7.02. The van der Waals surface area contributed by atoms with Crippen molar-refractivity contribution in [3.05, 3.63) is 75.7 Å². The third-order valence-corrected chi connectivity index (χ3v) is 6.39. The summed E-state index contributed by atoms with van der Waals surface area (Å²) < 4.78 is 8.53. The van der Waals surface area contributed by atoms with E-state index in [0.717, 1.165) is 22.6 Å². The number of nitrogens with one attached hydrogen (secondary N) is 1. The van der Waals surface area contributed by atoms with Gasteiger partial charge in [-0.2, -0.15) is 5.10 Å². The van der Waals surface area contributed by atoms with Gasteiger partial charge in [-0.3, -0.25) is 18.8 Å². The smallest absolute Gasteiger partial charge is 0.280 e. The third kappa shape index (κ3) is 4.99. The highest BCUT2D eigenvalue weighted by Crippen LogP contribution is 2.22. The Balaban J connectivity index is 1.67. The van der Waals surface area contributed by atoms with Crippen molar-refractivity contribution in [2.45, 2.75) is 39.0 Å². The van der Waals surface area contributed by atoms with Crippen molar-refractivity contribution in [3.8, 4) is 5.75 Å². The van der Waals surface area contributed by atoms with Crippen LogP contribution in [0.3, 0.4) is 0 Å². The number of ether oxygens (including phenoxy) is 1. The maximum Gasteiger partial charge on any atom is 0.280 e. The topological polar surface area (TPSA) is 91.0 Å². The molecule has 8 nitrogen and oxygen atoms in total. The van der Waals surface area contributed by atoms with Gasteiger partial charge in [-0.25, -0.2) is 4.98 Å². The number of benzene rings is 2. The fourth-order valence-corrected chi connectivity index (χ4v) is 4.52. The molecule has 0 radical (unpaired) electrons. The molecule has 34 heavy (non-hydrogen) atoms. The molecule has 0 unspecified atom stereocenters. The molecule has 9 heteroatoms. The van der Waals surface area contributed by atoms with Gasteiger partial charge in [0.2, 0.25) is 5.91 Å². The van der Waals surface area contributed by atoms with Crippen LogP contribution >= 0.6 is 11.8 Å². The first-order valence-corrected chi connectivity index (χ1v) is 12.0. The fourth-order valence-electron chi connectivity index (χ4n) is 3.73. The molecular formula is C25H27N5O3S. The lowest BCUT2D eigenvalue weighted by Crippen LogP contribution is -2.26. The van der Waals surface area contributed by atoms with Crippen LogP contribution in [0.2, 0.25) is 0 Å². The minimum absolute atomic E-state index is 0.120. The van der Waals surface area contributed by atoms with Gasteiger partial charge in [0.05, 0.1) is 25.1 Å². The molecule has 0 saturated carbocycles. The predicted octanol–water partition coefficient (Wildman–Crippen LogP) is 4.02. The van der Waals surface area contributed by atoms with Crippen LogP contribution in [0, 0.1) is 13.8 Å². The van der Waals surface area contributed by atoms with E-state index in [9.17, 15) is 9.59 Å². The van der Waals surface area contributed by atoms with Crippen LogP contribution in [-0.2, 0) is 17.9 Å². The molecule has 0 aliphatic heterocycles. The molecule has 176 valence electrons. The molecule has 4 aromatic rings. The van der Waals surface area contributed by atoms with E-state index in [4.69, 9.17) is 9.72 Å². The summed E-state index contributed by atoms with van der Waals surface area (Å²) in [6.45, 7) is 6.64. The van der Waals surface area contributed by atoms with Gasteiger partial charge in [0, 0.05) is 12.2 Å². The normalized spacial score (nSPS) is 11.1. The Bertz CT molecular complexity index is 1390. The monoisotopic (exact) mass is 477 g/mol. The van der Waals surface area contributed by atoms with Crippen molar-refractivity contribution in [1.29, 1.82) is 0 Å². The largest absolute Gasteiger partial charge is 0.497 e. The summed E-state index contributed by atoms with van der Waals surface area (Å²) in [6.07, 6.45) is 0. The Labute approximate surface area is 202 Å². The molecule has 2 heterocycles. The van der Waals surface area contributed by atoms with Gasteiger partial charge in [-0.05, 0) is 56.2 Å². The standard InChI is InChI=1S/C25H27N5O3S/c1-5-30-23-22(17(3)28-30)27-25(34-15-21(31)26-19-8-6-7-16(2)13-19)29(24(23)32)14-18-9-11-20(33-4)12-10-18/h6-13H,5,14-15H2,1-4H3,(H,26,31). The second-order valence-electron chi connectivity index (χ2n) is 7.94. The molecule has 0 aliphatic carbocycles. The van der Waals surface area contributed by atoms with Crippen molar-refractivity contribution < 1.29 is 9.53 Å². The minimum atomic E-state index is -0.176. The summed E-state index contributed by atoms with van der Waals surface area (Å²) in [5, 5.41) is 7.86. The highest BCUT2D eigenvalue weighted by molar-refractivity contribution is 7.99. The van der Waals surface area contributed by atoms with Crippen LogP contribution in [-0.4, -0.2) is 38.1 Å². The van der Waals surface area contributed by atoms with Gasteiger partial charge in [-0.15, -0.1) is 0 Å². The maximum atomic E-state index is 13.6. The Hall–Kier alpha value is -3.59. The number of aromatic nitrogens is 4. The first-order chi connectivity index (χ1) is 16.4. The van der Waals surface area contributed by atoms with E-state index in [1.54, 1.807) is 16.4 Å². The van der Waals surface area contributed by atoms with E-state index >= 15 is 0 Å². The summed E-state index contributed by atoms with van der Waals surface area (Å²) >= 11 is 1.24. The first-order valence-electron chi connectivity index (χ1n) is 11.0. The number of carbonyl (C=O) groups excluding carboxylic acids is 1. The highest BCUT2D eigenvalue weighted by atomic mass is 32.2. The lowest BCUT2D eigenvalue weighted by atomic mass is 10.2. The molecule has 0 atom stereocenters. The number of hydrogen-bond donors (Lipinski definition) is 1. The maximum absolute atomic E-state index is 13.6. The minimum Gasteiger partial charge on any atom is -0.497 e. The van der Waals surface area contributed by atoms with Crippen molar-refractivity contribution in [3.63, 3.8) is 0 Å². The third-order valence-electron chi connectivity index (χ3n) is 5.42. The Morgan fingerprint density at radius 2 is 1.91 bits per heavy atom. The van der Waals surface area contributed by atoms with E-state index in [-0.39, 0.29) is 17.2 Å². The second kappa shape index (κ2) is 10.1. The number of fused-ring (bicyclic) bond motifs is 1. The SMILES string of the molecule is CCn1nc(C)c2nc(SCC(=O)Nc3cccc(C)c3)n(Cc3ccc(OC)cc3)c(=O)c21. The average molecular weight is 478 g/mol. The number of thioether (sulfide) groups is 1. The summed E-state index contributed by atoms with van der Waals surface area (Å²) in [4.78, 5) is 31.0. The molecule has 0 aliphatic rings. The van der Waals surface area contributed by atoms with Crippen LogP contribution < -0.4 is 15.6 Å². The van der Waals surface area contributed by atoms with Crippen LogP contribution in [0.4, 0.5) is 5.69 Å². The number of carbonyl (C=O) groups is 1. The van der Waals surface area contributed by atoms with E-state index in [1.807, 2.05) is 69.3 Å². The zero-order chi connectivity index (χ0) is 24.2. The molecule has 0 spiro atoms. The van der Waals surface area contributed by atoms with Crippen molar-refractivity contribution >= 4 is 34.4 Å². The number of amides is 1. The number of methoxy groups -OCH3 is 1.